The second-order valence-corrected chi connectivity index (χ2v) is 2.89. The van der Waals surface area contributed by atoms with Gasteiger partial charge in [0.25, 0.3) is 0 Å². The lowest BCUT2D eigenvalue weighted by Crippen LogP contribution is -2.20. The van der Waals surface area contributed by atoms with Gasteiger partial charge in [0, 0.05) is 24.3 Å². The van der Waals surface area contributed by atoms with Crippen LogP contribution in [0.2, 0.25) is 0 Å². The van der Waals surface area contributed by atoms with Crippen LogP contribution in [-0.2, 0) is 6.54 Å². The lowest BCUT2D eigenvalue weighted by molar-refractivity contribution is 0.745. The topological polar surface area (TPSA) is 50.9 Å². The van der Waals surface area contributed by atoms with Gasteiger partial charge in [0.15, 0.2) is 0 Å². The molecule has 0 atom stereocenters. The second-order valence-electron chi connectivity index (χ2n) is 2.89. The molecule has 1 aromatic carbocycles. The number of nitrogens with one attached hydrogen (secondary N) is 1. The molecule has 0 aliphatic heterocycles. The van der Waals surface area contributed by atoms with E-state index in [0.29, 0.717) is 6.54 Å². The Morgan fingerprint density at radius 3 is 3.08 bits per heavy atom. The molecule has 2 aromatic rings. The van der Waals surface area contributed by atoms with E-state index in [1.165, 1.54) is 10.9 Å². The molecular formula is C10H11N3. The van der Waals surface area contributed by atoms with Gasteiger partial charge in [-0.15, -0.1) is 0 Å². The maximum Gasteiger partial charge on any atom is 0.0355 e. The third-order valence-electron chi connectivity index (χ3n) is 2.07. The molecule has 0 spiro atoms. The van der Waals surface area contributed by atoms with Crippen LogP contribution in [0.5, 0.6) is 0 Å². The summed E-state index contributed by atoms with van der Waals surface area (Å²) in [5.41, 5.74) is 3.82. The van der Waals surface area contributed by atoms with E-state index in [9.17, 15) is 0 Å². The first-order chi connectivity index (χ1) is 6.42. The molecule has 13 heavy (non-hydrogen) atoms. The van der Waals surface area contributed by atoms with Crippen LogP contribution >= 0.6 is 0 Å². The van der Waals surface area contributed by atoms with Crippen LogP contribution in [0.4, 0.5) is 0 Å². The molecule has 0 saturated carbocycles. The van der Waals surface area contributed by atoms with Crippen molar-refractivity contribution in [3.8, 4) is 0 Å². The third kappa shape index (κ3) is 1.52. The standard InChI is InChI=1S/C10H11N3/c11-13-6-9-3-1-2-8-4-5-12-7-10(8)9/h1-5,7,13H,6,11H2. The Hall–Kier alpha value is -1.45. The van der Waals surface area contributed by atoms with Crippen molar-refractivity contribution in [3.05, 3.63) is 42.2 Å². The molecule has 3 heteroatoms. The predicted molar refractivity (Wildman–Crippen MR) is 52.8 cm³/mol. The highest BCUT2D eigenvalue weighted by molar-refractivity contribution is 5.84. The Kier molecular flexibility index (Phi) is 2.21. The SMILES string of the molecule is NNCc1cccc2ccncc12. The number of fused-ring (bicyclic) bond motifs is 1. The zero-order valence-electron chi connectivity index (χ0n) is 7.20. The summed E-state index contributed by atoms with van der Waals surface area (Å²) in [5.74, 6) is 5.28. The Morgan fingerprint density at radius 1 is 1.31 bits per heavy atom. The van der Waals surface area contributed by atoms with Crippen LogP contribution in [-0.4, -0.2) is 4.98 Å². The Labute approximate surface area is 76.6 Å². The van der Waals surface area contributed by atoms with Gasteiger partial charge in [-0.2, -0.15) is 0 Å². The Morgan fingerprint density at radius 2 is 2.23 bits per heavy atom. The molecule has 0 unspecified atom stereocenters. The molecule has 66 valence electrons. The average molecular weight is 173 g/mol. The van der Waals surface area contributed by atoms with E-state index in [4.69, 9.17) is 5.84 Å². The highest BCUT2D eigenvalue weighted by atomic mass is 15.2. The van der Waals surface area contributed by atoms with Crippen LogP contribution in [0.15, 0.2) is 36.7 Å². The summed E-state index contributed by atoms with van der Waals surface area (Å²) in [6, 6.07) is 8.13. The number of hydrogen-bond acceptors (Lipinski definition) is 3. The van der Waals surface area contributed by atoms with Crippen molar-refractivity contribution in [3.63, 3.8) is 0 Å². The second kappa shape index (κ2) is 3.51. The smallest absolute Gasteiger partial charge is 0.0355 e. The highest BCUT2D eigenvalue weighted by Gasteiger charge is 1.98. The normalized spacial score (nSPS) is 10.5. The van der Waals surface area contributed by atoms with Crippen LogP contribution in [0.1, 0.15) is 5.56 Å². The number of rotatable bonds is 2. The Balaban J connectivity index is 2.61. The lowest BCUT2D eigenvalue weighted by Gasteiger charge is -2.04. The number of benzene rings is 1. The number of nitrogens with zero attached hydrogens (tertiary/aromatic N) is 1. The summed E-state index contributed by atoms with van der Waals surface area (Å²) in [6.45, 7) is 0.670. The van der Waals surface area contributed by atoms with Crippen LogP contribution in [0.3, 0.4) is 0 Å². The van der Waals surface area contributed by atoms with Crippen molar-refractivity contribution in [2.24, 2.45) is 5.84 Å². The molecule has 1 aromatic heterocycles. The van der Waals surface area contributed by atoms with Gasteiger partial charge >= 0.3 is 0 Å². The molecule has 0 amide bonds. The number of pyridine rings is 1. The number of nitrogens with two attached hydrogens (primary N) is 1. The minimum Gasteiger partial charge on any atom is -0.271 e. The number of hydrazine groups is 1. The van der Waals surface area contributed by atoms with Gasteiger partial charge in [-0.1, -0.05) is 18.2 Å². The summed E-state index contributed by atoms with van der Waals surface area (Å²) in [7, 11) is 0. The monoisotopic (exact) mass is 173 g/mol. The lowest BCUT2D eigenvalue weighted by atomic mass is 10.1. The van der Waals surface area contributed by atoms with Gasteiger partial charge in [0.1, 0.15) is 0 Å². The van der Waals surface area contributed by atoms with Gasteiger partial charge < -0.3 is 0 Å². The first-order valence-corrected chi connectivity index (χ1v) is 4.17. The van der Waals surface area contributed by atoms with Crippen LogP contribution in [0, 0.1) is 0 Å². The minimum absolute atomic E-state index is 0.670. The summed E-state index contributed by atoms with van der Waals surface area (Å²) in [5, 5.41) is 2.35. The quantitative estimate of drug-likeness (QED) is 0.530. The molecule has 3 N–H and O–H groups in total. The first kappa shape index (κ1) is 8.16. The van der Waals surface area contributed by atoms with Crippen molar-refractivity contribution in [1.82, 2.24) is 10.4 Å². The molecule has 0 aliphatic carbocycles. The van der Waals surface area contributed by atoms with Crippen LogP contribution in [0.25, 0.3) is 10.8 Å². The van der Waals surface area contributed by atoms with Gasteiger partial charge in [-0.25, -0.2) is 0 Å². The van der Waals surface area contributed by atoms with Crippen molar-refractivity contribution >= 4 is 10.8 Å². The summed E-state index contributed by atoms with van der Waals surface area (Å²) < 4.78 is 0. The fourth-order valence-electron chi connectivity index (χ4n) is 1.44. The number of aromatic nitrogens is 1. The van der Waals surface area contributed by atoms with Crippen molar-refractivity contribution in [2.75, 3.05) is 0 Å². The molecule has 1 heterocycles. The molecule has 2 rings (SSSR count). The molecule has 0 saturated heterocycles. The molecule has 0 fully saturated rings. The molecule has 0 radical (unpaired) electrons. The number of hydrogen-bond donors (Lipinski definition) is 2. The van der Waals surface area contributed by atoms with E-state index >= 15 is 0 Å². The van der Waals surface area contributed by atoms with E-state index in [1.807, 2.05) is 24.4 Å². The zero-order valence-corrected chi connectivity index (χ0v) is 7.20. The fraction of sp³-hybridized carbons (Fsp3) is 0.100. The van der Waals surface area contributed by atoms with E-state index in [0.717, 1.165) is 5.39 Å². The fourth-order valence-corrected chi connectivity index (χ4v) is 1.44. The van der Waals surface area contributed by atoms with Crippen molar-refractivity contribution < 1.29 is 0 Å². The van der Waals surface area contributed by atoms with Gasteiger partial charge in [-0.3, -0.25) is 16.3 Å². The van der Waals surface area contributed by atoms with Gasteiger partial charge in [0.05, 0.1) is 0 Å². The van der Waals surface area contributed by atoms with E-state index in [1.54, 1.807) is 6.20 Å². The molecule has 0 bridgehead atoms. The summed E-state index contributed by atoms with van der Waals surface area (Å²) in [4.78, 5) is 4.09. The maximum absolute atomic E-state index is 5.28. The predicted octanol–water partition coefficient (Wildman–Crippen LogP) is 1.20. The highest BCUT2D eigenvalue weighted by Crippen LogP contribution is 2.16. The summed E-state index contributed by atoms with van der Waals surface area (Å²) >= 11 is 0. The van der Waals surface area contributed by atoms with E-state index in [-0.39, 0.29) is 0 Å². The van der Waals surface area contributed by atoms with E-state index in [2.05, 4.69) is 16.5 Å². The summed E-state index contributed by atoms with van der Waals surface area (Å²) in [6.07, 6.45) is 3.66. The molecule has 3 nitrogen and oxygen atoms in total. The molecular weight excluding hydrogens is 162 g/mol. The third-order valence-corrected chi connectivity index (χ3v) is 2.07. The molecule has 0 aliphatic rings. The van der Waals surface area contributed by atoms with Gasteiger partial charge in [-0.05, 0) is 17.0 Å². The largest absolute Gasteiger partial charge is 0.271 e. The van der Waals surface area contributed by atoms with Crippen molar-refractivity contribution in [2.45, 2.75) is 6.54 Å². The van der Waals surface area contributed by atoms with Gasteiger partial charge in [0.2, 0.25) is 0 Å². The Bertz CT molecular complexity index is 406. The minimum atomic E-state index is 0.670. The zero-order chi connectivity index (χ0) is 9.10. The van der Waals surface area contributed by atoms with E-state index < -0.39 is 0 Å². The average Bonchev–Trinajstić information content (AvgIpc) is 2.19. The maximum atomic E-state index is 5.28. The first-order valence-electron chi connectivity index (χ1n) is 4.17. The van der Waals surface area contributed by atoms with Crippen molar-refractivity contribution in [1.29, 1.82) is 0 Å². The van der Waals surface area contributed by atoms with Crippen LogP contribution < -0.4 is 11.3 Å².